The standard InChI is InChI=1S/C10H5Cl4N3/c11-6-2-1-5(3-7(6)12)15-10-16-8(13)4-9(14)17-10/h1-4H,(H,15,16,17). The monoisotopic (exact) mass is 307 g/mol. The molecule has 0 amide bonds. The number of rotatable bonds is 2. The first kappa shape index (κ1) is 12.7. The highest BCUT2D eigenvalue weighted by atomic mass is 35.5. The molecule has 0 unspecified atom stereocenters. The quantitative estimate of drug-likeness (QED) is 0.807. The van der Waals surface area contributed by atoms with Crippen molar-refractivity contribution in [2.45, 2.75) is 0 Å². The highest BCUT2D eigenvalue weighted by Crippen LogP contribution is 2.26. The van der Waals surface area contributed by atoms with Crippen LogP contribution in [0.5, 0.6) is 0 Å². The number of nitrogens with one attached hydrogen (secondary N) is 1. The van der Waals surface area contributed by atoms with Gasteiger partial charge < -0.3 is 5.32 Å². The number of benzene rings is 1. The third-order valence-corrected chi connectivity index (χ3v) is 2.97. The van der Waals surface area contributed by atoms with Crippen molar-refractivity contribution >= 4 is 58.0 Å². The summed E-state index contributed by atoms with van der Waals surface area (Å²) in [5.41, 5.74) is 0.692. The summed E-state index contributed by atoms with van der Waals surface area (Å²) in [6.07, 6.45) is 0. The van der Waals surface area contributed by atoms with Gasteiger partial charge in [-0.15, -0.1) is 0 Å². The molecule has 7 heteroatoms. The van der Waals surface area contributed by atoms with Crippen LogP contribution < -0.4 is 5.32 Å². The molecule has 1 aromatic carbocycles. The lowest BCUT2D eigenvalue weighted by molar-refractivity contribution is 1.17. The molecule has 0 fully saturated rings. The molecule has 0 atom stereocenters. The number of hydrogen-bond donors (Lipinski definition) is 1. The lowest BCUT2D eigenvalue weighted by Crippen LogP contribution is -1.97. The zero-order valence-electron chi connectivity index (χ0n) is 8.22. The van der Waals surface area contributed by atoms with E-state index in [-0.39, 0.29) is 10.3 Å². The Morgan fingerprint density at radius 1 is 0.824 bits per heavy atom. The Morgan fingerprint density at radius 3 is 2.06 bits per heavy atom. The lowest BCUT2D eigenvalue weighted by atomic mass is 10.3. The Balaban J connectivity index is 2.28. The van der Waals surface area contributed by atoms with Crippen LogP contribution in [0, 0.1) is 0 Å². The van der Waals surface area contributed by atoms with E-state index < -0.39 is 0 Å². The highest BCUT2D eigenvalue weighted by Gasteiger charge is 2.04. The maximum Gasteiger partial charge on any atom is 0.230 e. The molecule has 0 radical (unpaired) electrons. The van der Waals surface area contributed by atoms with E-state index in [2.05, 4.69) is 15.3 Å². The summed E-state index contributed by atoms with van der Waals surface area (Å²) in [5, 5.41) is 4.34. The molecule has 0 aliphatic rings. The normalized spacial score (nSPS) is 10.4. The molecule has 88 valence electrons. The SMILES string of the molecule is Clc1cc(Cl)nc(Nc2ccc(Cl)c(Cl)c2)n1. The van der Waals surface area contributed by atoms with Crippen LogP contribution in [0.2, 0.25) is 20.4 Å². The van der Waals surface area contributed by atoms with Gasteiger partial charge in [0.25, 0.3) is 0 Å². The Morgan fingerprint density at radius 2 is 1.47 bits per heavy atom. The van der Waals surface area contributed by atoms with E-state index in [0.29, 0.717) is 21.7 Å². The minimum atomic E-state index is 0.257. The average molecular weight is 309 g/mol. The molecule has 1 N–H and O–H groups in total. The molecule has 3 nitrogen and oxygen atoms in total. The zero-order chi connectivity index (χ0) is 12.4. The summed E-state index contributed by atoms with van der Waals surface area (Å²) in [5.74, 6) is 0.292. The maximum atomic E-state index is 5.88. The summed E-state index contributed by atoms with van der Waals surface area (Å²) in [4.78, 5) is 7.93. The van der Waals surface area contributed by atoms with Crippen molar-refractivity contribution in [3.8, 4) is 0 Å². The summed E-state index contributed by atoms with van der Waals surface area (Å²) in [7, 11) is 0. The predicted molar refractivity (Wildman–Crippen MR) is 71.8 cm³/mol. The number of halogens is 4. The summed E-state index contributed by atoms with van der Waals surface area (Å²) in [6.45, 7) is 0. The Kier molecular flexibility index (Phi) is 3.94. The Hall–Kier alpha value is -0.740. The molecule has 2 rings (SSSR count). The van der Waals surface area contributed by atoms with Gasteiger partial charge in [0.1, 0.15) is 10.3 Å². The number of hydrogen-bond acceptors (Lipinski definition) is 3. The Bertz CT molecular complexity index is 539. The predicted octanol–water partition coefficient (Wildman–Crippen LogP) is 4.83. The van der Waals surface area contributed by atoms with Crippen molar-refractivity contribution in [1.29, 1.82) is 0 Å². The van der Waals surface area contributed by atoms with Crippen molar-refractivity contribution in [2.75, 3.05) is 5.32 Å². The van der Waals surface area contributed by atoms with E-state index in [0.717, 1.165) is 0 Å². The Labute approximate surface area is 118 Å². The van der Waals surface area contributed by atoms with Crippen LogP contribution in [0.3, 0.4) is 0 Å². The van der Waals surface area contributed by atoms with Crippen LogP contribution in [0.25, 0.3) is 0 Å². The van der Waals surface area contributed by atoms with Gasteiger partial charge in [0.05, 0.1) is 10.0 Å². The highest BCUT2D eigenvalue weighted by molar-refractivity contribution is 6.42. The molecule has 1 aromatic heterocycles. The smallest absolute Gasteiger partial charge is 0.230 e. The van der Waals surface area contributed by atoms with E-state index in [1.165, 1.54) is 6.07 Å². The fraction of sp³-hybridized carbons (Fsp3) is 0. The summed E-state index contributed by atoms with van der Waals surface area (Å²) in [6, 6.07) is 6.51. The first-order valence-corrected chi connectivity index (χ1v) is 5.98. The molecule has 0 bridgehead atoms. The van der Waals surface area contributed by atoms with Gasteiger partial charge >= 0.3 is 0 Å². The van der Waals surface area contributed by atoms with Gasteiger partial charge in [0.2, 0.25) is 5.95 Å². The second-order valence-corrected chi connectivity index (χ2v) is 4.68. The minimum absolute atomic E-state index is 0.257. The van der Waals surface area contributed by atoms with E-state index in [1.807, 2.05) is 0 Å². The number of aromatic nitrogens is 2. The molecule has 1 heterocycles. The van der Waals surface area contributed by atoms with E-state index in [4.69, 9.17) is 46.4 Å². The third-order valence-electron chi connectivity index (χ3n) is 1.84. The fourth-order valence-corrected chi connectivity index (χ4v) is 1.87. The molecule has 2 aromatic rings. The van der Waals surface area contributed by atoms with Gasteiger partial charge in [-0.05, 0) is 18.2 Å². The van der Waals surface area contributed by atoms with Gasteiger partial charge in [0, 0.05) is 11.8 Å². The van der Waals surface area contributed by atoms with Gasteiger partial charge in [-0.2, -0.15) is 0 Å². The second-order valence-electron chi connectivity index (χ2n) is 3.09. The van der Waals surface area contributed by atoms with Crippen LogP contribution in [0.1, 0.15) is 0 Å². The summed E-state index contributed by atoms with van der Waals surface area (Å²) >= 11 is 23.2. The van der Waals surface area contributed by atoms with Gasteiger partial charge in [-0.25, -0.2) is 9.97 Å². The van der Waals surface area contributed by atoms with Crippen LogP contribution in [0.15, 0.2) is 24.3 Å². The van der Waals surface area contributed by atoms with E-state index in [1.54, 1.807) is 18.2 Å². The van der Waals surface area contributed by atoms with Gasteiger partial charge in [0.15, 0.2) is 0 Å². The van der Waals surface area contributed by atoms with Gasteiger partial charge in [-0.1, -0.05) is 46.4 Å². The van der Waals surface area contributed by atoms with Crippen molar-refractivity contribution in [3.63, 3.8) is 0 Å². The fourth-order valence-electron chi connectivity index (χ4n) is 1.15. The first-order valence-electron chi connectivity index (χ1n) is 4.47. The lowest BCUT2D eigenvalue weighted by Gasteiger charge is -2.06. The van der Waals surface area contributed by atoms with E-state index >= 15 is 0 Å². The van der Waals surface area contributed by atoms with Crippen LogP contribution in [-0.4, -0.2) is 9.97 Å². The van der Waals surface area contributed by atoms with Crippen LogP contribution >= 0.6 is 46.4 Å². The maximum absolute atomic E-state index is 5.88. The van der Waals surface area contributed by atoms with Gasteiger partial charge in [-0.3, -0.25) is 0 Å². The molecule has 0 aliphatic carbocycles. The number of anilines is 2. The topological polar surface area (TPSA) is 37.8 Å². The number of nitrogens with zero attached hydrogens (tertiary/aromatic N) is 2. The molecule has 0 saturated heterocycles. The van der Waals surface area contributed by atoms with Crippen molar-refractivity contribution in [3.05, 3.63) is 44.6 Å². The largest absolute Gasteiger partial charge is 0.324 e. The first-order chi connectivity index (χ1) is 8.04. The van der Waals surface area contributed by atoms with Crippen molar-refractivity contribution in [2.24, 2.45) is 0 Å². The third kappa shape index (κ3) is 3.36. The summed E-state index contributed by atoms with van der Waals surface area (Å²) < 4.78 is 0. The molecule has 0 aliphatic heterocycles. The second kappa shape index (κ2) is 5.27. The van der Waals surface area contributed by atoms with E-state index in [9.17, 15) is 0 Å². The molecular weight excluding hydrogens is 304 g/mol. The minimum Gasteiger partial charge on any atom is -0.324 e. The van der Waals surface area contributed by atoms with Crippen LogP contribution in [0.4, 0.5) is 11.6 Å². The molecule has 0 spiro atoms. The van der Waals surface area contributed by atoms with Crippen LogP contribution in [-0.2, 0) is 0 Å². The average Bonchev–Trinajstić information content (AvgIpc) is 2.22. The zero-order valence-corrected chi connectivity index (χ0v) is 11.2. The van der Waals surface area contributed by atoms with Crippen molar-refractivity contribution < 1.29 is 0 Å². The molecule has 0 saturated carbocycles. The van der Waals surface area contributed by atoms with Crippen molar-refractivity contribution in [1.82, 2.24) is 9.97 Å². The molecular formula is C10H5Cl4N3. The molecule has 17 heavy (non-hydrogen) atoms.